The van der Waals surface area contributed by atoms with Gasteiger partial charge < -0.3 is 5.32 Å². The number of para-hydroxylation sites is 2. The van der Waals surface area contributed by atoms with Crippen LogP contribution in [0.1, 0.15) is 24.8 Å². The highest BCUT2D eigenvalue weighted by atomic mass is 32.2. The molecule has 0 bridgehead atoms. The second kappa shape index (κ2) is 7.27. The maximum absolute atomic E-state index is 12.3. The lowest BCUT2D eigenvalue weighted by atomic mass is 10.1. The van der Waals surface area contributed by atoms with E-state index in [1.54, 1.807) is 24.3 Å². The van der Waals surface area contributed by atoms with Gasteiger partial charge in [0.1, 0.15) is 0 Å². The molecule has 0 spiro atoms. The molecular formula is C19H22N2O3S. The fraction of sp³-hybridized carbons (Fsp3) is 0.316. The molecule has 0 aliphatic heterocycles. The lowest BCUT2D eigenvalue weighted by molar-refractivity contribution is -0.116. The van der Waals surface area contributed by atoms with Crippen LogP contribution in [0.15, 0.2) is 54.6 Å². The number of anilines is 2. The van der Waals surface area contributed by atoms with E-state index in [9.17, 15) is 13.2 Å². The van der Waals surface area contributed by atoms with Crippen LogP contribution in [0.3, 0.4) is 0 Å². The number of nitrogens with zero attached hydrogens (tertiary/aromatic N) is 1. The summed E-state index contributed by atoms with van der Waals surface area (Å²) in [4.78, 5) is 12.3. The number of hydrogen-bond donors (Lipinski definition) is 1. The predicted molar refractivity (Wildman–Crippen MR) is 100 cm³/mol. The van der Waals surface area contributed by atoms with Gasteiger partial charge in [0.25, 0.3) is 0 Å². The van der Waals surface area contributed by atoms with Crippen molar-refractivity contribution in [1.82, 2.24) is 0 Å². The molecule has 132 valence electrons. The zero-order valence-corrected chi connectivity index (χ0v) is 15.0. The summed E-state index contributed by atoms with van der Waals surface area (Å²) in [7, 11) is -3.39. The fourth-order valence-electron chi connectivity index (χ4n) is 2.84. The molecule has 25 heavy (non-hydrogen) atoms. The van der Waals surface area contributed by atoms with Crippen LogP contribution in [-0.4, -0.2) is 26.6 Å². The van der Waals surface area contributed by atoms with Gasteiger partial charge in [0, 0.05) is 12.5 Å². The molecule has 0 radical (unpaired) electrons. The van der Waals surface area contributed by atoms with Crippen LogP contribution in [0.25, 0.3) is 0 Å². The number of sulfonamides is 1. The van der Waals surface area contributed by atoms with Gasteiger partial charge in [-0.3, -0.25) is 9.10 Å². The molecular weight excluding hydrogens is 336 g/mol. The van der Waals surface area contributed by atoms with Crippen LogP contribution in [-0.2, 0) is 21.2 Å². The van der Waals surface area contributed by atoms with Crippen molar-refractivity contribution in [1.29, 1.82) is 0 Å². The zero-order chi connectivity index (χ0) is 17.9. The van der Waals surface area contributed by atoms with Crippen molar-refractivity contribution in [3.8, 4) is 0 Å². The van der Waals surface area contributed by atoms with Crippen LogP contribution >= 0.6 is 0 Å². The molecule has 1 aliphatic rings. The summed E-state index contributed by atoms with van der Waals surface area (Å²) in [5.41, 5.74) is 2.18. The molecule has 0 unspecified atom stereocenters. The molecule has 3 rings (SSSR count). The van der Waals surface area contributed by atoms with Crippen molar-refractivity contribution in [2.45, 2.75) is 31.7 Å². The molecule has 1 N–H and O–H groups in total. The lowest BCUT2D eigenvalue weighted by Crippen LogP contribution is -2.33. The van der Waals surface area contributed by atoms with Gasteiger partial charge >= 0.3 is 0 Å². The van der Waals surface area contributed by atoms with Crippen LogP contribution < -0.4 is 9.62 Å². The number of carbonyl (C=O) groups excluding carboxylic acids is 1. The third-order valence-corrected chi connectivity index (χ3v) is 5.34. The Bertz CT molecular complexity index is 846. The van der Waals surface area contributed by atoms with E-state index < -0.39 is 10.0 Å². The molecule has 2 aromatic carbocycles. The highest BCUT2D eigenvalue weighted by Crippen LogP contribution is 2.37. The average molecular weight is 358 g/mol. The SMILES string of the molecule is CS(=O)(=O)N(c1ccccc1NC(=O)CCc1ccccc1)C1CC1. The minimum absolute atomic E-state index is 0.00243. The number of benzene rings is 2. The quantitative estimate of drug-likeness (QED) is 0.827. The Balaban J connectivity index is 1.73. The van der Waals surface area contributed by atoms with E-state index in [1.165, 1.54) is 10.6 Å². The lowest BCUT2D eigenvalue weighted by Gasteiger charge is -2.24. The van der Waals surface area contributed by atoms with Gasteiger partial charge in [0.2, 0.25) is 15.9 Å². The van der Waals surface area contributed by atoms with Crippen molar-refractivity contribution in [3.05, 3.63) is 60.2 Å². The van der Waals surface area contributed by atoms with Crippen molar-refractivity contribution in [2.75, 3.05) is 15.9 Å². The average Bonchev–Trinajstić information content (AvgIpc) is 3.39. The molecule has 1 saturated carbocycles. The van der Waals surface area contributed by atoms with E-state index in [0.29, 0.717) is 24.2 Å². The van der Waals surface area contributed by atoms with E-state index in [0.717, 1.165) is 18.4 Å². The van der Waals surface area contributed by atoms with Crippen LogP contribution in [0, 0.1) is 0 Å². The van der Waals surface area contributed by atoms with E-state index in [1.807, 2.05) is 30.3 Å². The van der Waals surface area contributed by atoms with Gasteiger partial charge in [0.15, 0.2) is 0 Å². The Labute approximate surface area is 148 Å². The molecule has 6 heteroatoms. The molecule has 0 atom stereocenters. The molecule has 0 saturated heterocycles. The number of aryl methyl sites for hydroxylation is 1. The van der Waals surface area contributed by atoms with Gasteiger partial charge in [-0.1, -0.05) is 42.5 Å². The summed E-state index contributed by atoms with van der Waals surface area (Å²) >= 11 is 0. The van der Waals surface area contributed by atoms with Crippen LogP contribution in [0.4, 0.5) is 11.4 Å². The molecule has 5 nitrogen and oxygen atoms in total. The van der Waals surface area contributed by atoms with Gasteiger partial charge in [-0.2, -0.15) is 0 Å². The number of hydrogen-bond acceptors (Lipinski definition) is 3. The Kier molecular flexibility index (Phi) is 5.08. The topological polar surface area (TPSA) is 66.5 Å². The highest BCUT2D eigenvalue weighted by Gasteiger charge is 2.36. The first-order valence-corrected chi connectivity index (χ1v) is 10.2. The summed E-state index contributed by atoms with van der Waals surface area (Å²) in [5.74, 6) is -0.124. The van der Waals surface area contributed by atoms with Crippen molar-refractivity contribution in [2.24, 2.45) is 0 Å². The first-order valence-electron chi connectivity index (χ1n) is 8.37. The summed E-state index contributed by atoms with van der Waals surface area (Å²) in [6.45, 7) is 0. The van der Waals surface area contributed by atoms with E-state index in [2.05, 4.69) is 5.32 Å². The van der Waals surface area contributed by atoms with Gasteiger partial charge in [-0.05, 0) is 37.0 Å². The third kappa shape index (κ3) is 4.60. The smallest absolute Gasteiger partial charge is 0.232 e. The summed E-state index contributed by atoms with van der Waals surface area (Å²) < 4.78 is 25.8. The molecule has 1 fully saturated rings. The monoisotopic (exact) mass is 358 g/mol. The standard InChI is InChI=1S/C19H22N2O3S/c1-25(23,24)21(16-12-13-16)18-10-6-5-9-17(18)20-19(22)14-11-15-7-3-2-4-8-15/h2-10,16H,11-14H2,1H3,(H,20,22). The van der Waals surface area contributed by atoms with E-state index in [4.69, 9.17) is 0 Å². The minimum atomic E-state index is -3.39. The maximum Gasteiger partial charge on any atom is 0.232 e. The Morgan fingerprint density at radius 2 is 1.72 bits per heavy atom. The van der Waals surface area contributed by atoms with E-state index >= 15 is 0 Å². The van der Waals surface area contributed by atoms with Gasteiger partial charge in [-0.15, -0.1) is 0 Å². The first-order chi connectivity index (χ1) is 11.9. The summed E-state index contributed by atoms with van der Waals surface area (Å²) in [6.07, 6.45) is 3.90. The Morgan fingerprint density at radius 3 is 2.36 bits per heavy atom. The van der Waals surface area contributed by atoms with Crippen molar-refractivity contribution < 1.29 is 13.2 Å². The fourth-order valence-corrected chi connectivity index (χ4v) is 4.11. The van der Waals surface area contributed by atoms with Gasteiger partial charge in [-0.25, -0.2) is 8.42 Å². The number of nitrogens with one attached hydrogen (secondary N) is 1. The normalized spacial score (nSPS) is 14.1. The van der Waals surface area contributed by atoms with Crippen LogP contribution in [0.2, 0.25) is 0 Å². The molecule has 0 aromatic heterocycles. The highest BCUT2D eigenvalue weighted by molar-refractivity contribution is 7.92. The molecule has 2 aromatic rings. The van der Waals surface area contributed by atoms with Crippen LogP contribution in [0.5, 0.6) is 0 Å². The summed E-state index contributed by atoms with van der Waals surface area (Å²) in [6, 6.07) is 16.9. The third-order valence-electron chi connectivity index (χ3n) is 4.13. The molecule has 0 heterocycles. The summed E-state index contributed by atoms with van der Waals surface area (Å²) in [5, 5.41) is 2.87. The number of rotatable bonds is 7. The molecule has 1 aliphatic carbocycles. The zero-order valence-electron chi connectivity index (χ0n) is 14.2. The van der Waals surface area contributed by atoms with Crippen molar-refractivity contribution >= 4 is 27.3 Å². The van der Waals surface area contributed by atoms with Crippen molar-refractivity contribution in [3.63, 3.8) is 0 Å². The van der Waals surface area contributed by atoms with Gasteiger partial charge in [0.05, 0.1) is 17.6 Å². The first kappa shape index (κ1) is 17.5. The Morgan fingerprint density at radius 1 is 1.08 bits per heavy atom. The Hall–Kier alpha value is -2.34. The second-order valence-corrected chi connectivity index (χ2v) is 8.20. The van der Waals surface area contributed by atoms with E-state index in [-0.39, 0.29) is 11.9 Å². The maximum atomic E-state index is 12.3. The minimum Gasteiger partial charge on any atom is -0.324 e. The molecule has 1 amide bonds. The number of carbonyl (C=O) groups is 1. The number of amides is 1. The largest absolute Gasteiger partial charge is 0.324 e. The predicted octanol–water partition coefficient (Wildman–Crippen LogP) is 3.19. The second-order valence-electron chi connectivity index (χ2n) is 6.34.